The number of carbonyl (C=O) groups excluding carboxylic acids is 1. The SMILES string of the molecule is CCCCC/C=C\C/C=C\CCCCCCCCCC(=O)NC(CO)C(O)CCCCCCCCCCCCCCCCCCCCCCCCCCCCCCCCCCC. The minimum atomic E-state index is -0.663. The number of aliphatic hydroxyl groups is 2. The zero-order valence-corrected chi connectivity index (χ0v) is 42.4. The summed E-state index contributed by atoms with van der Waals surface area (Å²) in [5, 5.41) is 23.3. The van der Waals surface area contributed by atoms with Gasteiger partial charge in [-0.25, -0.2) is 0 Å². The van der Waals surface area contributed by atoms with E-state index in [9.17, 15) is 15.0 Å². The Hall–Kier alpha value is -1.13. The average Bonchev–Trinajstić information content (AvgIpc) is 3.28. The Morgan fingerprint density at radius 1 is 0.387 bits per heavy atom. The van der Waals surface area contributed by atoms with Crippen LogP contribution in [0.5, 0.6) is 0 Å². The van der Waals surface area contributed by atoms with Gasteiger partial charge in [-0.15, -0.1) is 0 Å². The van der Waals surface area contributed by atoms with E-state index >= 15 is 0 Å². The Balaban J connectivity index is 3.39. The number of hydrogen-bond donors (Lipinski definition) is 3. The van der Waals surface area contributed by atoms with Crippen LogP contribution in [-0.4, -0.2) is 34.9 Å². The van der Waals surface area contributed by atoms with Crippen molar-refractivity contribution in [1.29, 1.82) is 0 Å². The summed E-state index contributed by atoms with van der Waals surface area (Å²) in [4.78, 5) is 12.5. The molecule has 0 saturated heterocycles. The van der Waals surface area contributed by atoms with Crippen LogP contribution in [0.1, 0.15) is 322 Å². The lowest BCUT2D eigenvalue weighted by Gasteiger charge is -2.22. The molecule has 0 fully saturated rings. The van der Waals surface area contributed by atoms with Gasteiger partial charge in [0.05, 0.1) is 18.8 Å². The van der Waals surface area contributed by atoms with Crippen molar-refractivity contribution < 1.29 is 15.0 Å². The molecule has 62 heavy (non-hydrogen) atoms. The van der Waals surface area contributed by atoms with Crippen molar-refractivity contribution in [1.82, 2.24) is 5.32 Å². The maximum atomic E-state index is 12.5. The maximum Gasteiger partial charge on any atom is 0.220 e. The van der Waals surface area contributed by atoms with E-state index in [0.29, 0.717) is 12.8 Å². The molecule has 2 unspecified atom stereocenters. The highest BCUT2D eigenvalue weighted by Gasteiger charge is 2.20. The fraction of sp³-hybridized carbons (Fsp3) is 0.914. The highest BCUT2D eigenvalue weighted by molar-refractivity contribution is 5.76. The molecule has 0 aromatic carbocycles. The first-order valence-electron chi connectivity index (χ1n) is 28.5. The van der Waals surface area contributed by atoms with Gasteiger partial charge < -0.3 is 15.5 Å². The predicted molar refractivity (Wildman–Crippen MR) is 276 cm³/mol. The number of allylic oxidation sites excluding steroid dienone is 4. The molecule has 0 rings (SSSR count). The largest absolute Gasteiger partial charge is 0.394 e. The van der Waals surface area contributed by atoms with Crippen molar-refractivity contribution in [3.63, 3.8) is 0 Å². The Labute approximate surface area is 389 Å². The molecule has 0 aromatic heterocycles. The molecule has 0 aliphatic carbocycles. The minimum absolute atomic E-state index is 0.0353. The third kappa shape index (κ3) is 49.9. The zero-order valence-electron chi connectivity index (χ0n) is 42.4. The highest BCUT2D eigenvalue weighted by Crippen LogP contribution is 2.18. The number of aliphatic hydroxyl groups excluding tert-OH is 2. The van der Waals surface area contributed by atoms with Gasteiger partial charge in [0, 0.05) is 6.42 Å². The van der Waals surface area contributed by atoms with Crippen molar-refractivity contribution in [2.45, 2.75) is 334 Å². The van der Waals surface area contributed by atoms with Crippen LogP contribution in [0.3, 0.4) is 0 Å². The number of carbonyl (C=O) groups is 1. The molecule has 4 heteroatoms. The van der Waals surface area contributed by atoms with E-state index < -0.39 is 12.1 Å². The lowest BCUT2D eigenvalue weighted by Crippen LogP contribution is -2.45. The van der Waals surface area contributed by atoms with Crippen LogP contribution in [0, 0.1) is 0 Å². The van der Waals surface area contributed by atoms with Gasteiger partial charge >= 0.3 is 0 Å². The van der Waals surface area contributed by atoms with Gasteiger partial charge in [-0.05, 0) is 44.9 Å². The molecule has 0 spiro atoms. The van der Waals surface area contributed by atoms with Crippen LogP contribution in [-0.2, 0) is 4.79 Å². The first-order chi connectivity index (χ1) is 30.7. The van der Waals surface area contributed by atoms with Crippen molar-refractivity contribution in [3.8, 4) is 0 Å². The van der Waals surface area contributed by atoms with Crippen molar-refractivity contribution in [2.75, 3.05) is 6.61 Å². The monoisotopic (exact) mass is 872 g/mol. The Morgan fingerprint density at radius 3 is 1.00 bits per heavy atom. The minimum Gasteiger partial charge on any atom is -0.394 e. The Kier molecular flexibility index (Phi) is 53.2. The summed E-state index contributed by atoms with van der Waals surface area (Å²) in [5.41, 5.74) is 0. The van der Waals surface area contributed by atoms with Crippen molar-refractivity contribution in [2.24, 2.45) is 0 Å². The Morgan fingerprint density at radius 2 is 0.661 bits per heavy atom. The summed E-state index contributed by atoms with van der Waals surface area (Å²) in [6, 6.07) is -0.540. The Bertz CT molecular complexity index is 901. The van der Waals surface area contributed by atoms with Gasteiger partial charge in [-0.3, -0.25) is 4.79 Å². The number of nitrogens with one attached hydrogen (secondary N) is 1. The van der Waals surface area contributed by atoms with Gasteiger partial charge in [-0.1, -0.05) is 295 Å². The van der Waals surface area contributed by atoms with Gasteiger partial charge in [-0.2, -0.15) is 0 Å². The van der Waals surface area contributed by atoms with E-state index in [4.69, 9.17) is 0 Å². The summed E-state index contributed by atoms with van der Waals surface area (Å²) >= 11 is 0. The van der Waals surface area contributed by atoms with Gasteiger partial charge in [0.15, 0.2) is 0 Å². The predicted octanol–water partition coefficient (Wildman–Crippen LogP) is 18.7. The molecule has 368 valence electrons. The fourth-order valence-electron chi connectivity index (χ4n) is 9.10. The third-order valence-corrected chi connectivity index (χ3v) is 13.5. The van der Waals surface area contributed by atoms with Gasteiger partial charge in [0.25, 0.3) is 0 Å². The van der Waals surface area contributed by atoms with Crippen LogP contribution in [0.2, 0.25) is 0 Å². The van der Waals surface area contributed by atoms with E-state index in [-0.39, 0.29) is 12.5 Å². The quantitative estimate of drug-likeness (QED) is 0.0421. The summed E-state index contributed by atoms with van der Waals surface area (Å²) in [5.74, 6) is -0.0353. The second-order valence-corrected chi connectivity index (χ2v) is 19.7. The van der Waals surface area contributed by atoms with E-state index in [1.165, 1.54) is 263 Å². The van der Waals surface area contributed by atoms with Gasteiger partial charge in [0.1, 0.15) is 0 Å². The van der Waals surface area contributed by atoms with Crippen LogP contribution in [0.4, 0.5) is 0 Å². The molecule has 0 bridgehead atoms. The number of amides is 1. The molecule has 0 radical (unpaired) electrons. The average molecular weight is 873 g/mol. The summed E-state index contributed by atoms with van der Waals surface area (Å²) in [6.45, 7) is 4.36. The molecule has 0 heterocycles. The van der Waals surface area contributed by atoms with E-state index in [0.717, 1.165) is 32.1 Å². The van der Waals surface area contributed by atoms with Crippen molar-refractivity contribution in [3.05, 3.63) is 24.3 Å². The molecule has 1 amide bonds. The first kappa shape index (κ1) is 60.9. The summed E-state index contributed by atoms with van der Waals surface area (Å²) in [6.07, 6.45) is 71.8. The van der Waals surface area contributed by atoms with E-state index in [1.54, 1.807) is 0 Å². The van der Waals surface area contributed by atoms with Gasteiger partial charge in [0.2, 0.25) is 5.91 Å². The zero-order chi connectivity index (χ0) is 44.9. The van der Waals surface area contributed by atoms with Crippen molar-refractivity contribution >= 4 is 5.91 Å². The summed E-state index contributed by atoms with van der Waals surface area (Å²) in [7, 11) is 0. The molecule has 3 N–H and O–H groups in total. The molecular formula is C58H113NO3. The van der Waals surface area contributed by atoms with Crippen LogP contribution in [0.15, 0.2) is 24.3 Å². The van der Waals surface area contributed by atoms with Crippen LogP contribution in [0.25, 0.3) is 0 Å². The molecule has 2 atom stereocenters. The summed E-state index contributed by atoms with van der Waals surface area (Å²) < 4.78 is 0. The fourth-order valence-corrected chi connectivity index (χ4v) is 9.10. The van der Waals surface area contributed by atoms with E-state index in [2.05, 4.69) is 43.5 Å². The number of rotatable bonds is 53. The maximum absolute atomic E-state index is 12.5. The normalized spacial score (nSPS) is 12.9. The number of hydrogen-bond acceptors (Lipinski definition) is 3. The first-order valence-corrected chi connectivity index (χ1v) is 28.5. The van der Waals surface area contributed by atoms with Crippen LogP contribution >= 0.6 is 0 Å². The third-order valence-electron chi connectivity index (χ3n) is 13.5. The number of unbranched alkanes of at least 4 members (excludes halogenated alkanes) is 42. The molecule has 0 aliphatic heterocycles. The second kappa shape index (κ2) is 54.2. The molecule has 0 aromatic rings. The lowest BCUT2D eigenvalue weighted by molar-refractivity contribution is -0.123. The lowest BCUT2D eigenvalue weighted by atomic mass is 10.0. The highest BCUT2D eigenvalue weighted by atomic mass is 16.3. The van der Waals surface area contributed by atoms with Crippen LogP contribution < -0.4 is 5.32 Å². The van der Waals surface area contributed by atoms with E-state index in [1.807, 2.05) is 0 Å². The molecule has 0 saturated carbocycles. The topological polar surface area (TPSA) is 69.6 Å². The smallest absolute Gasteiger partial charge is 0.220 e. The molecular weight excluding hydrogens is 759 g/mol. The standard InChI is InChI=1S/C58H113NO3/c1-3-5-7-9-11-13-15-17-19-21-22-23-24-25-26-27-28-29-30-31-32-33-34-35-36-38-39-41-43-45-47-49-51-53-57(61)56(55-60)59-58(62)54-52-50-48-46-44-42-40-37-20-18-16-14-12-10-8-6-4-2/h12,14,18,20,56-57,60-61H,3-11,13,15-17,19,21-55H2,1-2H3,(H,59,62)/b14-12-,20-18-. The molecule has 0 aliphatic rings. The molecule has 4 nitrogen and oxygen atoms in total. The second-order valence-electron chi connectivity index (χ2n) is 19.7.